The Morgan fingerprint density at radius 1 is 1.56 bits per heavy atom. The van der Waals surface area contributed by atoms with Crippen molar-refractivity contribution in [1.29, 1.82) is 0 Å². The third-order valence-electron chi connectivity index (χ3n) is 2.81. The molecule has 0 fully saturated rings. The molecule has 5 nitrogen and oxygen atoms in total. The van der Waals surface area contributed by atoms with Crippen LogP contribution in [0.3, 0.4) is 0 Å². The minimum Gasteiger partial charge on any atom is -0.348 e. The number of nitrogens with zero attached hydrogens (tertiary/aromatic N) is 3. The lowest BCUT2D eigenvalue weighted by Gasteiger charge is -2.02. The predicted molar refractivity (Wildman–Crippen MR) is 71.2 cm³/mol. The molecule has 0 amide bonds. The van der Waals surface area contributed by atoms with Gasteiger partial charge in [0.2, 0.25) is 0 Å². The van der Waals surface area contributed by atoms with Crippen molar-refractivity contribution < 1.29 is 0 Å². The van der Waals surface area contributed by atoms with E-state index in [0.29, 0.717) is 0 Å². The van der Waals surface area contributed by atoms with E-state index in [9.17, 15) is 0 Å². The highest BCUT2D eigenvalue weighted by Gasteiger charge is 2.03. The number of H-pyrrole nitrogens is 1. The second kappa shape index (κ2) is 6.16. The molecule has 5 heteroatoms. The number of nitrogens with one attached hydrogen (secondary N) is 2. The molecular weight excluding hydrogens is 226 g/mol. The van der Waals surface area contributed by atoms with Crippen molar-refractivity contribution in [3.8, 4) is 0 Å². The Bertz CT molecular complexity index is 483. The van der Waals surface area contributed by atoms with Crippen molar-refractivity contribution in [1.82, 2.24) is 25.1 Å². The van der Waals surface area contributed by atoms with Crippen LogP contribution in [0.15, 0.2) is 31.4 Å². The Morgan fingerprint density at radius 3 is 3.17 bits per heavy atom. The third-order valence-corrected chi connectivity index (χ3v) is 2.81. The van der Waals surface area contributed by atoms with E-state index in [1.54, 1.807) is 6.33 Å². The monoisotopic (exact) mass is 245 g/mol. The fourth-order valence-corrected chi connectivity index (χ4v) is 1.83. The Labute approximate surface area is 107 Å². The van der Waals surface area contributed by atoms with Crippen molar-refractivity contribution in [2.24, 2.45) is 0 Å². The van der Waals surface area contributed by atoms with Gasteiger partial charge in [0.15, 0.2) is 0 Å². The first-order valence-electron chi connectivity index (χ1n) is 6.11. The molecule has 18 heavy (non-hydrogen) atoms. The van der Waals surface area contributed by atoms with Crippen molar-refractivity contribution >= 4 is 0 Å². The zero-order valence-corrected chi connectivity index (χ0v) is 10.7. The molecule has 0 aromatic carbocycles. The highest BCUT2D eigenvalue weighted by molar-refractivity contribution is 5.15. The fraction of sp³-hybridized carbons (Fsp3) is 0.385. The van der Waals surface area contributed by atoms with Crippen LogP contribution in [-0.4, -0.2) is 26.3 Å². The Hall–Kier alpha value is -1.88. The van der Waals surface area contributed by atoms with Crippen molar-refractivity contribution in [2.45, 2.75) is 26.4 Å². The highest BCUT2D eigenvalue weighted by atomic mass is 15.3. The summed E-state index contributed by atoms with van der Waals surface area (Å²) in [4.78, 5) is 7.08. The largest absolute Gasteiger partial charge is 0.348 e. The summed E-state index contributed by atoms with van der Waals surface area (Å²) in [6.45, 7) is 8.27. The van der Waals surface area contributed by atoms with Crippen LogP contribution >= 0.6 is 0 Å². The van der Waals surface area contributed by atoms with Crippen LogP contribution in [-0.2, 0) is 19.5 Å². The summed E-state index contributed by atoms with van der Waals surface area (Å²) < 4.78 is 1.91. The van der Waals surface area contributed by atoms with Crippen molar-refractivity contribution in [3.63, 3.8) is 0 Å². The summed E-state index contributed by atoms with van der Waals surface area (Å²) in [6.07, 6.45) is 8.44. The maximum absolute atomic E-state index is 4.42. The zero-order valence-electron chi connectivity index (χ0n) is 10.7. The van der Waals surface area contributed by atoms with E-state index in [1.165, 1.54) is 5.56 Å². The van der Waals surface area contributed by atoms with Gasteiger partial charge in [-0.1, -0.05) is 6.08 Å². The van der Waals surface area contributed by atoms with Gasteiger partial charge in [-0.2, -0.15) is 5.10 Å². The standard InChI is InChI=1S/C13H19N5/c1-3-6-18-9-12(11(2)17-18)7-14-5-4-13-8-15-10-16-13/h3,8-10,14H,1,4-7H2,2H3,(H,15,16). The molecule has 0 saturated heterocycles. The third kappa shape index (κ3) is 3.30. The molecule has 2 heterocycles. The van der Waals surface area contributed by atoms with Gasteiger partial charge in [-0.05, 0) is 6.92 Å². The molecule has 0 spiro atoms. The number of rotatable bonds is 7. The van der Waals surface area contributed by atoms with Crippen LogP contribution in [0.25, 0.3) is 0 Å². The minimum absolute atomic E-state index is 0.759. The zero-order chi connectivity index (χ0) is 12.8. The molecule has 0 atom stereocenters. The molecule has 0 aliphatic rings. The molecular formula is C13H19N5. The summed E-state index contributed by atoms with van der Waals surface area (Å²) in [7, 11) is 0. The van der Waals surface area contributed by atoms with E-state index in [2.05, 4.69) is 33.2 Å². The van der Waals surface area contributed by atoms with Gasteiger partial charge in [0.05, 0.1) is 18.6 Å². The van der Waals surface area contributed by atoms with Crippen LogP contribution in [0, 0.1) is 6.92 Å². The number of aryl methyl sites for hydroxylation is 1. The van der Waals surface area contributed by atoms with Gasteiger partial charge in [0.1, 0.15) is 0 Å². The van der Waals surface area contributed by atoms with Gasteiger partial charge < -0.3 is 10.3 Å². The molecule has 0 aliphatic heterocycles. The molecule has 2 rings (SSSR count). The topological polar surface area (TPSA) is 58.5 Å². The molecule has 2 N–H and O–H groups in total. The Balaban J connectivity index is 1.77. The molecule has 0 saturated carbocycles. The summed E-state index contributed by atoms with van der Waals surface area (Å²) in [5.74, 6) is 0. The molecule has 0 unspecified atom stereocenters. The number of aromatic nitrogens is 4. The predicted octanol–water partition coefficient (Wildman–Crippen LogP) is 1.43. The van der Waals surface area contributed by atoms with Gasteiger partial charge in [0.25, 0.3) is 0 Å². The van der Waals surface area contributed by atoms with Crippen LogP contribution in [0.2, 0.25) is 0 Å². The molecule has 0 aliphatic carbocycles. The maximum atomic E-state index is 4.42. The van der Waals surface area contributed by atoms with Crippen LogP contribution in [0.5, 0.6) is 0 Å². The minimum atomic E-state index is 0.759. The second-order valence-corrected chi connectivity index (χ2v) is 4.25. The quantitative estimate of drug-likeness (QED) is 0.573. The number of hydrogen-bond acceptors (Lipinski definition) is 3. The lowest BCUT2D eigenvalue weighted by molar-refractivity contribution is 0.676. The van der Waals surface area contributed by atoms with Gasteiger partial charge in [-0.15, -0.1) is 6.58 Å². The van der Waals surface area contributed by atoms with Gasteiger partial charge in [-0.3, -0.25) is 4.68 Å². The lowest BCUT2D eigenvalue weighted by Crippen LogP contribution is -2.17. The summed E-state index contributed by atoms with van der Waals surface area (Å²) >= 11 is 0. The van der Waals surface area contributed by atoms with E-state index < -0.39 is 0 Å². The smallest absolute Gasteiger partial charge is 0.0921 e. The van der Waals surface area contributed by atoms with Crippen LogP contribution < -0.4 is 5.32 Å². The van der Waals surface area contributed by atoms with E-state index >= 15 is 0 Å². The van der Waals surface area contributed by atoms with Gasteiger partial charge in [0, 0.05) is 43.2 Å². The van der Waals surface area contributed by atoms with Crippen LogP contribution in [0.4, 0.5) is 0 Å². The van der Waals surface area contributed by atoms with E-state index in [1.807, 2.05) is 23.9 Å². The van der Waals surface area contributed by atoms with Gasteiger partial charge >= 0.3 is 0 Å². The van der Waals surface area contributed by atoms with E-state index in [-0.39, 0.29) is 0 Å². The molecule has 96 valence electrons. The average Bonchev–Trinajstić information content (AvgIpc) is 2.96. The van der Waals surface area contributed by atoms with E-state index in [0.717, 1.165) is 37.4 Å². The van der Waals surface area contributed by atoms with Gasteiger partial charge in [-0.25, -0.2) is 4.98 Å². The number of aromatic amines is 1. The molecule has 2 aromatic rings. The number of imidazole rings is 1. The van der Waals surface area contributed by atoms with Crippen molar-refractivity contribution in [3.05, 3.63) is 48.3 Å². The Kier molecular flexibility index (Phi) is 4.30. The maximum Gasteiger partial charge on any atom is 0.0921 e. The number of allylic oxidation sites excluding steroid dienone is 1. The van der Waals surface area contributed by atoms with Crippen LogP contribution in [0.1, 0.15) is 17.0 Å². The SMILES string of the molecule is C=CCn1cc(CNCCc2cnc[nH]2)c(C)n1. The molecule has 0 radical (unpaired) electrons. The molecule has 0 bridgehead atoms. The summed E-state index contributed by atoms with van der Waals surface area (Å²) in [6, 6.07) is 0. The van der Waals surface area contributed by atoms with E-state index in [4.69, 9.17) is 0 Å². The fourth-order valence-electron chi connectivity index (χ4n) is 1.83. The summed E-state index contributed by atoms with van der Waals surface area (Å²) in [5.41, 5.74) is 3.47. The second-order valence-electron chi connectivity index (χ2n) is 4.25. The number of hydrogen-bond donors (Lipinski definition) is 2. The first-order valence-corrected chi connectivity index (χ1v) is 6.11. The Morgan fingerprint density at radius 2 is 2.44 bits per heavy atom. The van der Waals surface area contributed by atoms with Crippen molar-refractivity contribution in [2.75, 3.05) is 6.54 Å². The highest BCUT2D eigenvalue weighted by Crippen LogP contribution is 2.05. The first kappa shape index (κ1) is 12.6. The average molecular weight is 245 g/mol. The first-order chi connectivity index (χ1) is 8.79. The lowest BCUT2D eigenvalue weighted by atomic mass is 10.2. The normalized spacial score (nSPS) is 10.7. The molecule has 2 aromatic heterocycles. The summed E-state index contributed by atoms with van der Waals surface area (Å²) in [5, 5.41) is 7.83.